The van der Waals surface area contributed by atoms with E-state index in [1.165, 1.54) is 15.4 Å². The molecule has 2 aromatic rings. The fourth-order valence-electron chi connectivity index (χ4n) is 2.08. The molecule has 0 aliphatic rings. The van der Waals surface area contributed by atoms with Gasteiger partial charge in [-0.2, -0.15) is 0 Å². The minimum absolute atomic E-state index is 0.354. The van der Waals surface area contributed by atoms with Crippen molar-refractivity contribution in [2.75, 3.05) is 6.54 Å². The van der Waals surface area contributed by atoms with E-state index in [1.807, 2.05) is 0 Å². The molecular formula is C17H19Br2NS. The SMILES string of the molecule is CCCNC(C)c1ccc(Br)cc1Sc1cccc(Br)c1. The van der Waals surface area contributed by atoms with Gasteiger partial charge in [-0.25, -0.2) is 0 Å². The smallest absolute Gasteiger partial charge is 0.0303 e. The highest BCUT2D eigenvalue weighted by Crippen LogP contribution is 2.36. The van der Waals surface area contributed by atoms with Crippen molar-refractivity contribution >= 4 is 43.6 Å². The first kappa shape index (κ1) is 17.1. The number of hydrogen-bond donors (Lipinski definition) is 1. The molecule has 4 heteroatoms. The lowest BCUT2D eigenvalue weighted by molar-refractivity contribution is 0.563. The van der Waals surface area contributed by atoms with Crippen LogP contribution in [0, 0.1) is 0 Å². The fraction of sp³-hybridized carbons (Fsp3) is 0.294. The first-order chi connectivity index (χ1) is 10.1. The van der Waals surface area contributed by atoms with Gasteiger partial charge in [0, 0.05) is 24.8 Å². The van der Waals surface area contributed by atoms with E-state index in [0.29, 0.717) is 6.04 Å². The third-order valence-electron chi connectivity index (χ3n) is 3.17. The lowest BCUT2D eigenvalue weighted by atomic mass is 10.1. The molecule has 0 spiro atoms. The van der Waals surface area contributed by atoms with E-state index in [9.17, 15) is 0 Å². The summed E-state index contributed by atoms with van der Waals surface area (Å²) in [5.74, 6) is 0. The molecule has 2 rings (SSSR count). The maximum atomic E-state index is 3.58. The lowest BCUT2D eigenvalue weighted by Gasteiger charge is -2.18. The van der Waals surface area contributed by atoms with Gasteiger partial charge in [0.05, 0.1) is 0 Å². The fourth-order valence-corrected chi connectivity index (χ4v) is 4.28. The van der Waals surface area contributed by atoms with Crippen LogP contribution < -0.4 is 5.32 Å². The van der Waals surface area contributed by atoms with Crippen LogP contribution in [0.5, 0.6) is 0 Å². The molecule has 1 unspecified atom stereocenters. The molecule has 0 saturated heterocycles. The van der Waals surface area contributed by atoms with E-state index in [-0.39, 0.29) is 0 Å². The Balaban J connectivity index is 2.26. The zero-order chi connectivity index (χ0) is 15.2. The van der Waals surface area contributed by atoms with Gasteiger partial charge in [-0.1, -0.05) is 62.7 Å². The first-order valence-electron chi connectivity index (χ1n) is 7.06. The average molecular weight is 429 g/mol. The second-order valence-corrected chi connectivity index (χ2v) is 7.86. The molecule has 2 aromatic carbocycles. The minimum Gasteiger partial charge on any atom is -0.310 e. The molecule has 1 atom stereocenters. The Morgan fingerprint density at radius 3 is 2.57 bits per heavy atom. The van der Waals surface area contributed by atoms with Gasteiger partial charge in [-0.3, -0.25) is 0 Å². The Morgan fingerprint density at radius 2 is 1.86 bits per heavy atom. The standard InChI is InChI=1S/C17H19Br2NS/c1-3-9-20-12(2)16-8-7-14(19)11-17(16)21-15-6-4-5-13(18)10-15/h4-8,10-12,20H,3,9H2,1-2H3. The molecule has 0 fully saturated rings. The maximum Gasteiger partial charge on any atom is 0.0303 e. The number of halogens is 2. The van der Waals surface area contributed by atoms with Gasteiger partial charge in [0.2, 0.25) is 0 Å². The molecule has 21 heavy (non-hydrogen) atoms. The third kappa shape index (κ3) is 5.13. The normalized spacial score (nSPS) is 12.4. The average Bonchev–Trinajstić information content (AvgIpc) is 2.45. The zero-order valence-electron chi connectivity index (χ0n) is 12.2. The van der Waals surface area contributed by atoms with Crippen molar-refractivity contribution < 1.29 is 0 Å². The number of benzene rings is 2. The van der Waals surface area contributed by atoms with E-state index in [1.54, 1.807) is 11.8 Å². The van der Waals surface area contributed by atoms with Crippen LogP contribution in [0.3, 0.4) is 0 Å². The summed E-state index contributed by atoms with van der Waals surface area (Å²) in [6, 6.07) is 15.3. The molecule has 112 valence electrons. The summed E-state index contributed by atoms with van der Waals surface area (Å²) in [7, 11) is 0. The number of hydrogen-bond acceptors (Lipinski definition) is 2. The van der Waals surface area contributed by atoms with Crippen molar-refractivity contribution in [3.63, 3.8) is 0 Å². The predicted octanol–water partition coefficient (Wildman–Crippen LogP) is 6.42. The minimum atomic E-state index is 0.354. The van der Waals surface area contributed by atoms with E-state index < -0.39 is 0 Å². The molecule has 1 N–H and O–H groups in total. The highest BCUT2D eigenvalue weighted by Gasteiger charge is 2.12. The predicted molar refractivity (Wildman–Crippen MR) is 99.1 cm³/mol. The summed E-state index contributed by atoms with van der Waals surface area (Å²) < 4.78 is 2.23. The summed E-state index contributed by atoms with van der Waals surface area (Å²) in [5.41, 5.74) is 1.34. The highest BCUT2D eigenvalue weighted by molar-refractivity contribution is 9.10. The van der Waals surface area contributed by atoms with Gasteiger partial charge in [0.1, 0.15) is 0 Å². The zero-order valence-corrected chi connectivity index (χ0v) is 16.2. The van der Waals surface area contributed by atoms with Crippen LogP contribution in [0.2, 0.25) is 0 Å². The van der Waals surface area contributed by atoms with Crippen molar-refractivity contribution in [1.82, 2.24) is 5.32 Å². The van der Waals surface area contributed by atoms with Crippen LogP contribution in [0.4, 0.5) is 0 Å². The first-order valence-corrected chi connectivity index (χ1v) is 9.46. The quantitative estimate of drug-likeness (QED) is 0.569. The van der Waals surface area contributed by atoms with Crippen LogP contribution in [-0.4, -0.2) is 6.54 Å². The van der Waals surface area contributed by atoms with Gasteiger partial charge >= 0.3 is 0 Å². The molecule has 0 saturated carbocycles. The Labute approximate surface area is 148 Å². The molecule has 0 bridgehead atoms. The summed E-state index contributed by atoms with van der Waals surface area (Å²) in [6.07, 6.45) is 1.15. The maximum absolute atomic E-state index is 3.58. The Hall–Kier alpha value is -0.290. The number of nitrogens with one attached hydrogen (secondary N) is 1. The Kier molecular flexibility index (Phi) is 6.80. The van der Waals surface area contributed by atoms with Gasteiger partial charge in [0.25, 0.3) is 0 Å². The van der Waals surface area contributed by atoms with Crippen molar-refractivity contribution in [3.8, 4) is 0 Å². The Morgan fingerprint density at radius 1 is 1.10 bits per heavy atom. The van der Waals surface area contributed by atoms with Gasteiger partial charge in [-0.15, -0.1) is 0 Å². The molecule has 0 aromatic heterocycles. The van der Waals surface area contributed by atoms with E-state index >= 15 is 0 Å². The molecule has 0 amide bonds. The van der Waals surface area contributed by atoms with E-state index in [4.69, 9.17) is 0 Å². The van der Waals surface area contributed by atoms with Gasteiger partial charge < -0.3 is 5.32 Å². The Bertz CT molecular complexity index is 601. The van der Waals surface area contributed by atoms with E-state index in [0.717, 1.165) is 21.9 Å². The molecule has 0 aliphatic carbocycles. The lowest BCUT2D eigenvalue weighted by Crippen LogP contribution is -2.19. The van der Waals surface area contributed by atoms with Crippen molar-refractivity contribution in [2.24, 2.45) is 0 Å². The van der Waals surface area contributed by atoms with Crippen LogP contribution >= 0.6 is 43.6 Å². The third-order valence-corrected chi connectivity index (χ3v) is 5.22. The second kappa shape index (κ2) is 8.37. The summed E-state index contributed by atoms with van der Waals surface area (Å²) in [5, 5.41) is 3.57. The molecular weight excluding hydrogens is 410 g/mol. The van der Waals surface area contributed by atoms with Gasteiger partial charge in [0.15, 0.2) is 0 Å². The summed E-state index contributed by atoms with van der Waals surface area (Å²) in [6.45, 7) is 5.46. The van der Waals surface area contributed by atoms with Crippen LogP contribution in [0.25, 0.3) is 0 Å². The van der Waals surface area contributed by atoms with Crippen LogP contribution in [0.15, 0.2) is 61.2 Å². The molecule has 0 aliphatic heterocycles. The largest absolute Gasteiger partial charge is 0.310 e. The van der Waals surface area contributed by atoms with Crippen molar-refractivity contribution in [2.45, 2.75) is 36.1 Å². The van der Waals surface area contributed by atoms with Crippen molar-refractivity contribution in [3.05, 3.63) is 57.0 Å². The number of rotatable bonds is 6. The topological polar surface area (TPSA) is 12.0 Å². The molecule has 1 nitrogen and oxygen atoms in total. The summed E-state index contributed by atoms with van der Waals surface area (Å²) >= 11 is 8.92. The van der Waals surface area contributed by atoms with Crippen molar-refractivity contribution in [1.29, 1.82) is 0 Å². The van der Waals surface area contributed by atoms with Crippen LogP contribution in [-0.2, 0) is 0 Å². The molecule has 0 heterocycles. The highest BCUT2D eigenvalue weighted by atomic mass is 79.9. The van der Waals surface area contributed by atoms with E-state index in [2.05, 4.69) is 93.5 Å². The summed E-state index contributed by atoms with van der Waals surface area (Å²) in [4.78, 5) is 2.53. The second-order valence-electron chi connectivity index (χ2n) is 4.92. The van der Waals surface area contributed by atoms with Gasteiger partial charge in [-0.05, 0) is 55.8 Å². The molecule has 0 radical (unpaired) electrons. The monoisotopic (exact) mass is 427 g/mol. The van der Waals surface area contributed by atoms with Crippen LogP contribution in [0.1, 0.15) is 31.9 Å².